The molecule has 3 aliphatic heterocycles. The number of nitrogens with one attached hydrogen (secondary N) is 3. The van der Waals surface area contributed by atoms with Crippen LogP contribution in [0.3, 0.4) is 0 Å². The summed E-state index contributed by atoms with van der Waals surface area (Å²) >= 11 is 4.21. The van der Waals surface area contributed by atoms with Gasteiger partial charge in [0.15, 0.2) is 0 Å². The molecule has 48 heavy (non-hydrogen) atoms. The average molecular weight is 706 g/mol. The Morgan fingerprint density at radius 1 is 1.21 bits per heavy atom. The van der Waals surface area contributed by atoms with E-state index in [1.807, 2.05) is 12.1 Å². The first-order valence-electron chi connectivity index (χ1n) is 16.9. The van der Waals surface area contributed by atoms with Gasteiger partial charge in [-0.25, -0.2) is 9.18 Å². The number of piperazine rings is 1. The molecule has 3 aliphatic rings. The third kappa shape index (κ3) is 9.34. The summed E-state index contributed by atoms with van der Waals surface area (Å²) in [6.07, 6.45) is 3.18. The summed E-state index contributed by atoms with van der Waals surface area (Å²) in [6.45, 7) is 6.44. The number of anilines is 1. The van der Waals surface area contributed by atoms with E-state index in [-0.39, 0.29) is 29.7 Å². The Kier molecular flexibility index (Phi) is 12.9. The molecule has 0 saturated carbocycles. The average Bonchev–Trinajstić information content (AvgIpc) is 3.87. The fourth-order valence-electron chi connectivity index (χ4n) is 7.50. The van der Waals surface area contributed by atoms with Crippen LogP contribution in [0, 0.1) is 17.7 Å². The van der Waals surface area contributed by atoms with E-state index in [4.69, 9.17) is 21.1 Å². The van der Waals surface area contributed by atoms with Crippen molar-refractivity contribution in [2.24, 2.45) is 11.8 Å². The molecule has 0 aliphatic carbocycles. The zero-order chi connectivity index (χ0) is 34.4. The van der Waals surface area contributed by atoms with Crippen LogP contribution >= 0.6 is 11.6 Å². The molecule has 3 saturated heterocycles. The number of alkyl carbamates (subject to hydrolysis) is 1. The molecule has 10 nitrogen and oxygen atoms in total. The Morgan fingerprint density at radius 2 is 1.98 bits per heavy atom. The molecular formula is C35H47ClFN4O6S-. The number of carbonyl (C=O) groups is 2. The highest BCUT2D eigenvalue weighted by Gasteiger charge is 2.47. The highest BCUT2D eigenvalue weighted by atomic mass is 35.5. The number of amides is 2. The van der Waals surface area contributed by atoms with Crippen molar-refractivity contribution in [2.45, 2.75) is 88.6 Å². The third-order valence-electron chi connectivity index (χ3n) is 10.1. The van der Waals surface area contributed by atoms with Crippen LogP contribution in [0.5, 0.6) is 0 Å². The van der Waals surface area contributed by atoms with Gasteiger partial charge in [-0.15, -0.1) is 0 Å². The van der Waals surface area contributed by atoms with E-state index in [1.165, 1.54) is 13.2 Å². The molecule has 0 radical (unpaired) electrons. The molecule has 3 heterocycles. The van der Waals surface area contributed by atoms with Crippen molar-refractivity contribution in [3.05, 3.63) is 64.4 Å². The minimum Gasteiger partial charge on any atom is -0.772 e. The second kappa shape index (κ2) is 16.9. The van der Waals surface area contributed by atoms with Gasteiger partial charge in [0.25, 0.3) is 0 Å². The van der Waals surface area contributed by atoms with Gasteiger partial charge in [0, 0.05) is 65.8 Å². The Bertz CT molecular complexity index is 1430. The second-order valence-corrected chi connectivity index (χ2v) is 15.0. The van der Waals surface area contributed by atoms with E-state index in [0.717, 1.165) is 25.1 Å². The van der Waals surface area contributed by atoms with Crippen molar-refractivity contribution >= 4 is 40.4 Å². The van der Waals surface area contributed by atoms with Crippen LogP contribution in [0.15, 0.2) is 42.5 Å². The maximum atomic E-state index is 15.4. The van der Waals surface area contributed by atoms with Crippen LogP contribution in [0.25, 0.3) is 0 Å². The SMILES string of the molecule is COC(=O)N[C@H](C(=O)Nc1cccc(F)c1CCC1NCC(CCCS(=O)[O-])N2CC12)[C@@H](c1ccc(Cl)cc1)C1CCOC(C(C)C)C1. The van der Waals surface area contributed by atoms with Gasteiger partial charge in [-0.3, -0.25) is 13.9 Å². The second-order valence-electron chi connectivity index (χ2n) is 13.5. The Hall–Kier alpha value is -2.61. The van der Waals surface area contributed by atoms with Gasteiger partial charge in [0.2, 0.25) is 5.91 Å². The lowest BCUT2D eigenvalue weighted by Gasteiger charge is -2.39. The quantitative estimate of drug-likeness (QED) is 0.185. The number of halogens is 2. The number of benzene rings is 2. The molecule has 7 unspecified atom stereocenters. The summed E-state index contributed by atoms with van der Waals surface area (Å²) in [4.78, 5) is 29.4. The van der Waals surface area contributed by atoms with E-state index in [2.05, 4.69) is 34.7 Å². The van der Waals surface area contributed by atoms with Gasteiger partial charge in [-0.2, -0.15) is 0 Å². The van der Waals surface area contributed by atoms with Crippen molar-refractivity contribution in [2.75, 3.05) is 37.9 Å². The molecule has 3 N–H and O–H groups in total. The van der Waals surface area contributed by atoms with E-state index < -0.39 is 40.9 Å². The smallest absolute Gasteiger partial charge is 0.407 e. The number of ether oxygens (including phenoxy) is 2. The first-order chi connectivity index (χ1) is 23.0. The van der Waals surface area contributed by atoms with E-state index >= 15 is 4.39 Å². The zero-order valence-corrected chi connectivity index (χ0v) is 29.4. The number of rotatable bonds is 14. The van der Waals surface area contributed by atoms with Gasteiger partial charge < -0.3 is 30.0 Å². The molecular weight excluding hydrogens is 659 g/mol. The number of fused-ring (bicyclic) bond motifs is 1. The first kappa shape index (κ1) is 36.7. The molecule has 2 aromatic rings. The molecule has 0 bridgehead atoms. The van der Waals surface area contributed by atoms with Gasteiger partial charge in [-0.05, 0) is 80.2 Å². The van der Waals surface area contributed by atoms with Crippen LogP contribution in [-0.2, 0) is 31.8 Å². The minimum atomic E-state index is -2.02. The molecule has 5 rings (SSSR count). The lowest BCUT2D eigenvalue weighted by Crippen LogP contribution is -2.50. The fraction of sp³-hybridized carbons (Fsp3) is 0.600. The fourth-order valence-corrected chi connectivity index (χ4v) is 8.03. The van der Waals surface area contributed by atoms with Crippen molar-refractivity contribution < 1.29 is 32.2 Å². The zero-order valence-electron chi connectivity index (χ0n) is 27.8. The highest BCUT2D eigenvalue weighted by molar-refractivity contribution is 7.79. The minimum absolute atomic E-state index is 0.00245. The number of nitrogens with zero attached hydrogens (tertiary/aromatic N) is 1. The van der Waals surface area contributed by atoms with Gasteiger partial charge in [0.1, 0.15) is 11.9 Å². The number of hydrogen-bond donors (Lipinski definition) is 3. The molecule has 3 fully saturated rings. The Morgan fingerprint density at radius 3 is 2.69 bits per heavy atom. The van der Waals surface area contributed by atoms with E-state index in [1.54, 1.807) is 24.3 Å². The predicted octanol–water partition coefficient (Wildman–Crippen LogP) is 4.99. The summed E-state index contributed by atoms with van der Waals surface area (Å²) in [5.41, 5.74) is 1.62. The van der Waals surface area contributed by atoms with Crippen LogP contribution in [0.2, 0.25) is 5.02 Å². The molecule has 0 aromatic heterocycles. The van der Waals surface area contributed by atoms with Crippen molar-refractivity contribution in [3.8, 4) is 0 Å². The first-order valence-corrected chi connectivity index (χ1v) is 18.5. The number of hydrogen-bond acceptors (Lipinski definition) is 8. The van der Waals surface area contributed by atoms with Gasteiger partial charge in [0.05, 0.1) is 13.2 Å². The monoisotopic (exact) mass is 705 g/mol. The lowest BCUT2D eigenvalue weighted by molar-refractivity contribution is -0.119. The maximum absolute atomic E-state index is 15.4. The molecule has 2 amide bonds. The standard InChI is InChI=1S/C35H48ClFN4O6S/c1-21(2)31-18-23(15-16-47-31)32(22-9-11-24(36)12-10-22)33(40-35(43)46-3)34(42)39-28-8-4-7-27(37)26(28)13-14-29-30-20-41(30)25(19-38-29)6-5-17-48(44)45/h4,7-12,21,23,25,29-33,38H,5-6,13-20H2,1-3H3,(H,39,42)(H,40,43)(H,44,45)/p-1/t23?,25?,29?,30?,31?,32-,33-,41?/m0/s1. The number of carbonyl (C=O) groups excluding carboxylic acids is 2. The summed E-state index contributed by atoms with van der Waals surface area (Å²) < 4.78 is 48.3. The lowest BCUT2D eigenvalue weighted by atomic mass is 9.74. The van der Waals surface area contributed by atoms with Crippen molar-refractivity contribution in [3.63, 3.8) is 0 Å². The van der Waals surface area contributed by atoms with Crippen molar-refractivity contribution in [1.29, 1.82) is 0 Å². The van der Waals surface area contributed by atoms with Crippen LogP contribution in [0.4, 0.5) is 14.9 Å². The van der Waals surface area contributed by atoms with Crippen LogP contribution < -0.4 is 16.0 Å². The summed E-state index contributed by atoms with van der Waals surface area (Å²) in [5.74, 6) is -0.863. The summed E-state index contributed by atoms with van der Waals surface area (Å²) in [7, 11) is 1.26. The molecule has 2 aromatic carbocycles. The normalized spacial score (nSPS) is 27.0. The van der Waals surface area contributed by atoms with E-state index in [9.17, 15) is 18.4 Å². The Labute approximate surface area is 290 Å². The van der Waals surface area contributed by atoms with Gasteiger partial charge in [-0.1, -0.05) is 54.7 Å². The molecule has 13 heteroatoms. The summed E-state index contributed by atoms with van der Waals surface area (Å²) in [6, 6.07) is 11.7. The predicted molar refractivity (Wildman–Crippen MR) is 183 cm³/mol. The molecule has 9 atom stereocenters. The van der Waals surface area contributed by atoms with Crippen LogP contribution in [0.1, 0.15) is 63.0 Å². The molecule has 0 spiro atoms. The maximum Gasteiger partial charge on any atom is 0.407 e. The summed E-state index contributed by atoms with van der Waals surface area (Å²) in [5, 5.41) is 9.93. The van der Waals surface area contributed by atoms with Crippen molar-refractivity contribution in [1.82, 2.24) is 15.5 Å². The topological polar surface area (TPSA) is 132 Å². The third-order valence-corrected chi connectivity index (χ3v) is 11.0. The van der Waals surface area contributed by atoms with E-state index in [0.29, 0.717) is 67.1 Å². The number of methoxy groups -OCH3 is 1. The molecule has 264 valence electrons. The Balaban J connectivity index is 1.33. The van der Waals surface area contributed by atoms with Crippen LogP contribution in [-0.4, -0.2) is 88.5 Å². The highest BCUT2D eigenvalue weighted by Crippen LogP contribution is 2.39. The largest absolute Gasteiger partial charge is 0.772 e. The van der Waals surface area contributed by atoms with Gasteiger partial charge >= 0.3 is 6.09 Å².